The molecule has 0 spiro atoms. The molecule has 11 heteroatoms. The number of rotatable bonds is 7. The van der Waals surface area contributed by atoms with Crippen molar-refractivity contribution in [2.24, 2.45) is 5.14 Å². The van der Waals surface area contributed by atoms with Gasteiger partial charge < -0.3 is 10.2 Å². The van der Waals surface area contributed by atoms with Crippen molar-refractivity contribution in [1.29, 1.82) is 0 Å². The van der Waals surface area contributed by atoms with E-state index in [1.54, 1.807) is 36.4 Å². The molecule has 3 rings (SSSR count). The molecule has 2 aromatic rings. The Bertz CT molecular complexity index is 1190. The summed E-state index contributed by atoms with van der Waals surface area (Å²) in [5, 5.41) is 7.71. The summed E-state index contributed by atoms with van der Waals surface area (Å²) < 4.78 is 22.8. The van der Waals surface area contributed by atoms with Gasteiger partial charge in [0.25, 0.3) is 5.91 Å². The zero-order chi connectivity index (χ0) is 24.3. The molecule has 0 bridgehead atoms. The van der Waals surface area contributed by atoms with Crippen molar-refractivity contribution in [3.8, 4) is 0 Å². The lowest BCUT2D eigenvalue weighted by Gasteiger charge is -2.26. The van der Waals surface area contributed by atoms with Crippen LogP contribution in [0.25, 0.3) is 0 Å². The molecule has 3 N–H and O–H groups in total. The third kappa shape index (κ3) is 5.62. The molecule has 33 heavy (non-hydrogen) atoms. The quantitative estimate of drug-likeness (QED) is 0.575. The number of nitrogens with two attached hydrogens (primary N) is 1. The smallest absolute Gasteiger partial charge is 0.257 e. The molecule has 1 fully saturated rings. The summed E-state index contributed by atoms with van der Waals surface area (Å²) in [5.74, 6) is -1.54. The lowest BCUT2D eigenvalue weighted by Crippen LogP contribution is -2.45. The number of anilines is 2. The van der Waals surface area contributed by atoms with E-state index in [9.17, 15) is 27.6 Å². The minimum absolute atomic E-state index is 0.0218. The molecule has 0 aliphatic carbocycles. The second-order valence-electron chi connectivity index (χ2n) is 7.67. The van der Waals surface area contributed by atoms with Crippen molar-refractivity contribution in [2.75, 3.05) is 16.8 Å². The first-order valence-corrected chi connectivity index (χ1v) is 11.7. The Morgan fingerprint density at radius 2 is 1.67 bits per heavy atom. The van der Waals surface area contributed by atoms with E-state index in [1.165, 1.54) is 30.9 Å². The fourth-order valence-electron chi connectivity index (χ4n) is 3.66. The summed E-state index contributed by atoms with van der Waals surface area (Å²) in [6.07, 6.45) is 0.212. The van der Waals surface area contributed by atoms with E-state index in [-0.39, 0.29) is 29.7 Å². The van der Waals surface area contributed by atoms with Gasteiger partial charge in [-0.05, 0) is 48.4 Å². The molecule has 1 aliphatic rings. The van der Waals surface area contributed by atoms with Gasteiger partial charge in [-0.3, -0.25) is 19.2 Å². The Hall–Kier alpha value is -3.57. The van der Waals surface area contributed by atoms with Crippen LogP contribution in [0.4, 0.5) is 11.4 Å². The predicted molar refractivity (Wildman–Crippen MR) is 121 cm³/mol. The summed E-state index contributed by atoms with van der Waals surface area (Å²) >= 11 is 0. The number of nitrogens with zero attached hydrogens (tertiary/aromatic N) is 2. The zero-order valence-electron chi connectivity index (χ0n) is 18.1. The molecule has 174 valence electrons. The predicted octanol–water partition coefficient (Wildman–Crippen LogP) is 1.02. The Kier molecular flexibility index (Phi) is 6.94. The lowest BCUT2D eigenvalue weighted by molar-refractivity contribution is -0.136. The first kappa shape index (κ1) is 24.1. The van der Waals surface area contributed by atoms with Crippen molar-refractivity contribution in [3.63, 3.8) is 0 Å². The summed E-state index contributed by atoms with van der Waals surface area (Å²) in [4.78, 5) is 51.5. The minimum atomic E-state index is -3.80. The Morgan fingerprint density at radius 1 is 1.06 bits per heavy atom. The van der Waals surface area contributed by atoms with Crippen LogP contribution in [0.1, 0.15) is 25.8 Å². The monoisotopic (exact) mass is 472 g/mol. The molecule has 0 radical (unpaired) electrons. The van der Waals surface area contributed by atoms with Crippen LogP contribution in [0.2, 0.25) is 0 Å². The lowest BCUT2D eigenvalue weighted by atomic mass is 10.1. The SMILES string of the molecule is CC(=O)Nc1ccc(N2C(=O)CC(N(CCc3ccc(S(N)(=O)=O)cc3)C(C)=O)C2=O)cc1. The van der Waals surface area contributed by atoms with Gasteiger partial charge in [-0.15, -0.1) is 0 Å². The van der Waals surface area contributed by atoms with Gasteiger partial charge in [0.1, 0.15) is 6.04 Å². The number of carbonyl (C=O) groups is 4. The molecule has 2 aromatic carbocycles. The number of sulfonamides is 1. The Balaban J connectivity index is 1.73. The number of benzene rings is 2. The van der Waals surface area contributed by atoms with Gasteiger partial charge in [0.05, 0.1) is 17.0 Å². The van der Waals surface area contributed by atoms with Crippen LogP contribution >= 0.6 is 0 Å². The summed E-state index contributed by atoms with van der Waals surface area (Å²) in [6.45, 7) is 2.87. The molecule has 4 amide bonds. The number of hydrogen-bond donors (Lipinski definition) is 2. The molecular formula is C22H24N4O6S. The third-order valence-corrected chi connectivity index (χ3v) is 6.17. The van der Waals surface area contributed by atoms with E-state index >= 15 is 0 Å². The maximum Gasteiger partial charge on any atom is 0.257 e. The Morgan fingerprint density at radius 3 is 2.18 bits per heavy atom. The molecule has 1 atom stereocenters. The van der Waals surface area contributed by atoms with E-state index in [0.29, 0.717) is 17.8 Å². The largest absolute Gasteiger partial charge is 0.330 e. The van der Waals surface area contributed by atoms with Gasteiger partial charge in [-0.2, -0.15) is 0 Å². The number of imide groups is 1. The number of hydrogen-bond acceptors (Lipinski definition) is 6. The van der Waals surface area contributed by atoms with Crippen molar-refractivity contribution in [1.82, 2.24) is 4.90 Å². The summed E-state index contributed by atoms with van der Waals surface area (Å²) in [7, 11) is -3.80. The first-order chi connectivity index (χ1) is 15.5. The van der Waals surface area contributed by atoms with E-state index < -0.39 is 27.9 Å². The third-order valence-electron chi connectivity index (χ3n) is 5.24. The van der Waals surface area contributed by atoms with E-state index in [0.717, 1.165) is 10.5 Å². The van der Waals surface area contributed by atoms with Crippen molar-refractivity contribution in [2.45, 2.75) is 37.6 Å². The van der Waals surface area contributed by atoms with Crippen LogP contribution in [-0.4, -0.2) is 49.5 Å². The van der Waals surface area contributed by atoms with Gasteiger partial charge in [0, 0.05) is 26.1 Å². The maximum atomic E-state index is 13.1. The Labute approximate surface area is 191 Å². The summed E-state index contributed by atoms with van der Waals surface area (Å²) in [6, 6.07) is 11.2. The highest BCUT2D eigenvalue weighted by Gasteiger charge is 2.43. The topological polar surface area (TPSA) is 147 Å². The van der Waals surface area contributed by atoms with Crippen molar-refractivity contribution >= 4 is 45.0 Å². The molecule has 1 aliphatic heterocycles. The average Bonchev–Trinajstić information content (AvgIpc) is 3.02. The number of nitrogens with one attached hydrogen (secondary N) is 1. The highest BCUT2D eigenvalue weighted by molar-refractivity contribution is 7.89. The van der Waals surface area contributed by atoms with E-state index in [4.69, 9.17) is 5.14 Å². The second-order valence-corrected chi connectivity index (χ2v) is 9.23. The van der Waals surface area contributed by atoms with Crippen LogP contribution in [0.5, 0.6) is 0 Å². The van der Waals surface area contributed by atoms with Crippen molar-refractivity contribution < 1.29 is 27.6 Å². The van der Waals surface area contributed by atoms with Gasteiger partial charge in [0.15, 0.2) is 0 Å². The average molecular weight is 473 g/mol. The normalized spacial score (nSPS) is 16.1. The van der Waals surface area contributed by atoms with Crippen LogP contribution in [0.3, 0.4) is 0 Å². The molecule has 1 saturated heterocycles. The number of amides is 4. The molecular weight excluding hydrogens is 448 g/mol. The summed E-state index contributed by atoms with van der Waals surface area (Å²) in [5.41, 5.74) is 1.63. The molecule has 1 unspecified atom stereocenters. The standard InChI is InChI=1S/C22H24N4O6S/c1-14(27)24-17-5-7-18(8-6-17)26-21(29)13-20(22(26)30)25(15(2)28)12-11-16-3-9-19(10-4-16)33(23,31)32/h3-10,20H,11-13H2,1-2H3,(H,24,27)(H2,23,31,32). The molecule has 0 aromatic heterocycles. The fourth-order valence-corrected chi connectivity index (χ4v) is 4.17. The van der Waals surface area contributed by atoms with Gasteiger partial charge in [0.2, 0.25) is 27.7 Å². The number of carbonyl (C=O) groups excluding carboxylic acids is 4. The van der Waals surface area contributed by atoms with Crippen LogP contribution in [-0.2, 0) is 35.6 Å². The first-order valence-electron chi connectivity index (χ1n) is 10.1. The van der Waals surface area contributed by atoms with E-state index in [2.05, 4.69) is 5.32 Å². The minimum Gasteiger partial charge on any atom is -0.330 e. The molecule has 0 saturated carbocycles. The van der Waals surface area contributed by atoms with Crippen LogP contribution < -0.4 is 15.4 Å². The van der Waals surface area contributed by atoms with Crippen LogP contribution in [0.15, 0.2) is 53.4 Å². The van der Waals surface area contributed by atoms with Crippen LogP contribution in [0, 0.1) is 0 Å². The second kappa shape index (κ2) is 9.51. The highest BCUT2D eigenvalue weighted by Crippen LogP contribution is 2.27. The maximum absolute atomic E-state index is 13.1. The van der Waals surface area contributed by atoms with E-state index in [1.807, 2.05) is 0 Å². The fraction of sp³-hybridized carbons (Fsp3) is 0.273. The van der Waals surface area contributed by atoms with Crippen molar-refractivity contribution in [3.05, 3.63) is 54.1 Å². The van der Waals surface area contributed by atoms with Gasteiger partial charge in [-0.25, -0.2) is 18.5 Å². The van der Waals surface area contributed by atoms with Gasteiger partial charge in [-0.1, -0.05) is 12.1 Å². The zero-order valence-corrected chi connectivity index (χ0v) is 19.0. The van der Waals surface area contributed by atoms with Gasteiger partial charge >= 0.3 is 0 Å². The highest BCUT2D eigenvalue weighted by atomic mass is 32.2. The molecule has 1 heterocycles. The number of primary sulfonamides is 1. The molecule has 10 nitrogen and oxygen atoms in total.